The second-order valence-electron chi connectivity index (χ2n) is 23.6. The molecule has 0 heterocycles. The minimum absolute atomic E-state index is 0.0892. The van der Waals surface area contributed by atoms with Gasteiger partial charge in [-0.1, -0.05) is 34.1 Å². The van der Waals surface area contributed by atoms with Crippen LogP contribution in [-0.4, -0.2) is 174 Å². The predicted octanol–water partition coefficient (Wildman–Crippen LogP) is 10.6. The van der Waals surface area contributed by atoms with Gasteiger partial charge < -0.3 is 36.9 Å². The van der Waals surface area contributed by atoms with Crippen molar-refractivity contribution in [3.63, 3.8) is 0 Å². The molecule has 12 heteroatoms. The zero-order valence-electron chi connectivity index (χ0n) is 48.6. The molecule has 0 spiro atoms. The smallest absolute Gasteiger partial charge is 0.311 e. The first-order valence-electron chi connectivity index (χ1n) is 26.1. The molecule has 0 rings (SSSR count). The van der Waals surface area contributed by atoms with Gasteiger partial charge in [0.1, 0.15) is 52.6 Å². The van der Waals surface area contributed by atoms with Gasteiger partial charge in [-0.05, 0) is 143 Å². The number of hydrogen-bond donors (Lipinski definition) is 0. The fourth-order valence-electron chi connectivity index (χ4n) is 6.96. The Morgan fingerprint density at radius 1 is 0.318 bits per heavy atom. The quantitative estimate of drug-likeness (QED) is 0.0480. The summed E-state index contributed by atoms with van der Waals surface area (Å²) in [7, 11) is 6.22. The standard InChI is InChI=1S/C16H34NO2.C15H32NO2.C13H28NO2.C10H22NO2/c1-7-10-12-17(9-3,11-8-2)13-14-19-15(18)16(4,5)6;1-7-10-16(9-3,11-8-2)12-13-18-14(17)15(4,5)6;1-7-14(8-2,9-3)10-11-16-12(15)13(4,5)6;1-10(2,3)9(12)13-8-7-11(4,5)6/h7-14H2,1-6H3;7-13H2,1-6H3;7-11H2,1-6H3;7-8H2,1-6H3/q4*+1. The Bertz CT molecular complexity index is 1270. The van der Waals surface area contributed by atoms with Crippen LogP contribution in [0.2, 0.25) is 0 Å². The highest BCUT2D eigenvalue weighted by molar-refractivity contribution is 5.76. The molecule has 0 N–H and O–H groups in total. The number of carbonyl (C=O) groups is 4. The first-order chi connectivity index (χ1) is 30.1. The van der Waals surface area contributed by atoms with E-state index in [1.54, 1.807) is 0 Å². The summed E-state index contributed by atoms with van der Waals surface area (Å²) in [5.74, 6) is -0.409. The number of esters is 4. The van der Waals surface area contributed by atoms with Gasteiger partial charge in [-0.15, -0.1) is 0 Å². The average molecular weight is 950 g/mol. The molecular weight excluding hydrogens is 833 g/mol. The van der Waals surface area contributed by atoms with Crippen molar-refractivity contribution in [3.8, 4) is 0 Å². The van der Waals surface area contributed by atoms with Crippen LogP contribution in [0.5, 0.6) is 0 Å². The van der Waals surface area contributed by atoms with E-state index in [2.05, 4.69) is 83.5 Å². The van der Waals surface area contributed by atoms with Crippen molar-refractivity contribution >= 4 is 23.9 Å². The van der Waals surface area contributed by atoms with Gasteiger partial charge in [0.05, 0.1) is 102 Å². The largest absolute Gasteiger partial charge is 0.459 e. The van der Waals surface area contributed by atoms with Crippen LogP contribution >= 0.6 is 0 Å². The first kappa shape index (κ1) is 70.3. The molecule has 1 unspecified atom stereocenters. The molecule has 0 amide bonds. The summed E-state index contributed by atoms with van der Waals surface area (Å²) in [6, 6.07) is 0. The van der Waals surface area contributed by atoms with Gasteiger partial charge in [0.15, 0.2) is 0 Å². The predicted molar refractivity (Wildman–Crippen MR) is 278 cm³/mol. The Morgan fingerprint density at radius 3 is 0.742 bits per heavy atom. The van der Waals surface area contributed by atoms with Crippen LogP contribution in [0.4, 0.5) is 0 Å². The van der Waals surface area contributed by atoms with Gasteiger partial charge in [0.2, 0.25) is 0 Å². The summed E-state index contributed by atoms with van der Waals surface area (Å²) in [6.07, 6.45) is 6.03. The summed E-state index contributed by atoms with van der Waals surface area (Å²) in [6.45, 7) is 58.7. The summed E-state index contributed by atoms with van der Waals surface area (Å²) >= 11 is 0. The zero-order chi connectivity index (χ0) is 52.7. The fraction of sp³-hybridized carbons (Fsp3) is 0.926. The van der Waals surface area contributed by atoms with E-state index in [0.717, 1.165) is 76.8 Å². The van der Waals surface area contributed by atoms with Crippen molar-refractivity contribution in [1.29, 1.82) is 0 Å². The maximum absolute atomic E-state index is 11.8. The SMILES string of the molecule is CC(C)(C)C(=O)OCC[N+](C)(C)C.CCCC[N+](CC)(CCC)CCOC(=O)C(C)(C)C.CCC[N+](CC)(CCC)CCOC(=O)C(C)(C)C.CC[N+](CC)(CC)CCOC(=O)C(C)(C)C. The Labute approximate surface area is 410 Å². The number of carbonyl (C=O) groups excluding carboxylic acids is 4. The van der Waals surface area contributed by atoms with E-state index >= 15 is 0 Å². The van der Waals surface area contributed by atoms with E-state index in [9.17, 15) is 19.2 Å². The Balaban J connectivity index is -0.000000392. The van der Waals surface area contributed by atoms with E-state index in [1.165, 1.54) is 58.3 Å². The maximum atomic E-state index is 11.8. The molecule has 0 aromatic carbocycles. The van der Waals surface area contributed by atoms with Crippen LogP contribution in [0.15, 0.2) is 0 Å². The second-order valence-corrected chi connectivity index (χ2v) is 23.6. The summed E-state index contributed by atoms with van der Waals surface area (Å²) < 4.78 is 25.3. The molecule has 396 valence electrons. The molecule has 1 atom stereocenters. The number of unbranched alkanes of at least 4 members (excludes halogenated alkanes) is 1. The normalized spacial score (nSPS) is 13.3. The molecule has 0 bridgehead atoms. The molecule has 12 nitrogen and oxygen atoms in total. The van der Waals surface area contributed by atoms with Crippen molar-refractivity contribution in [2.45, 2.75) is 178 Å². The molecule has 0 saturated heterocycles. The molecule has 66 heavy (non-hydrogen) atoms. The van der Waals surface area contributed by atoms with Crippen molar-refractivity contribution in [2.24, 2.45) is 21.7 Å². The van der Waals surface area contributed by atoms with Gasteiger partial charge in [0.25, 0.3) is 0 Å². The fourth-order valence-corrected chi connectivity index (χ4v) is 6.96. The highest BCUT2D eigenvalue weighted by Crippen LogP contribution is 2.19. The van der Waals surface area contributed by atoms with Crippen LogP contribution in [0.1, 0.15) is 178 Å². The molecule has 0 aromatic rings. The van der Waals surface area contributed by atoms with Gasteiger partial charge in [0, 0.05) is 0 Å². The van der Waals surface area contributed by atoms with E-state index < -0.39 is 10.8 Å². The molecule has 0 aliphatic rings. The van der Waals surface area contributed by atoms with E-state index in [4.69, 9.17) is 18.9 Å². The van der Waals surface area contributed by atoms with Crippen LogP contribution in [-0.2, 0) is 38.1 Å². The third-order valence-corrected chi connectivity index (χ3v) is 12.3. The lowest BCUT2D eigenvalue weighted by atomic mass is 9.97. The lowest BCUT2D eigenvalue weighted by molar-refractivity contribution is -0.927. The Kier molecular flexibility index (Phi) is 36.3. The van der Waals surface area contributed by atoms with Crippen LogP contribution in [0, 0.1) is 21.7 Å². The van der Waals surface area contributed by atoms with Gasteiger partial charge in [-0.3, -0.25) is 19.2 Å². The summed E-state index contributed by atoms with van der Waals surface area (Å²) in [5.41, 5.74) is -1.56. The second kappa shape index (κ2) is 34.1. The van der Waals surface area contributed by atoms with Gasteiger partial charge in [-0.25, -0.2) is 0 Å². The van der Waals surface area contributed by atoms with Gasteiger partial charge in [-0.2, -0.15) is 0 Å². The first-order valence-corrected chi connectivity index (χ1v) is 26.1. The van der Waals surface area contributed by atoms with Crippen LogP contribution < -0.4 is 0 Å². The van der Waals surface area contributed by atoms with E-state index in [1.807, 2.05) is 83.1 Å². The number of likely N-dealkylation sites (N-methyl/N-ethyl adjacent to an activating group) is 4. The molecule has 0 aliphatic heterocycles. The Morgan fingerprint density at radius 2 is 0.545 bits per heavy atom. The summed E-state index contributed by atoms with van der Waals surface area (Å²) in [5, 5.41) is 0. The molecule has 0 saturated carbocycles. The number of quaternary nitrogens is 4. The van der Waals surface area contributed by atoms with Crippen molar-refractivity contribution in [3.05, 3.63) is 0 Å². The average Bonchev–Trinajstić information content (AvgIpc) is 3.20. The molecule has 0 aromatic heterocycles. The zero-order valence-corrected chi connectivity index (χ0v) is 48.6. The van der Waals surface area contributed by atoms with Crippen molar-refractivity contribution < 1.29 is 56.1 Å². The van der Waals surface area contributed by atoms with E-state index in [-0.39, 0.29) is 34.7 Å². The molecular formula is C54H116N4O8+4. The van der Waals surface area contributed by atoms with E-state index in [0.29, 0.717) is 26.4 Å². The number of nitrogens with zero attached hydrogens (tertiary/aromatic N) is 4. The van der Waals surface area contributed by atoms with Crippen molar-refractivity contribution in [1.82, 2.24) is 0 Å². The summed E-state index contributed by atoms with van der Waals surface area (Å²) in [4.78, 5) is 46.4. The highest BCUT2D eigenvalue weighted by atomic mass is 16.5. The monoisotopic (exact) mass is 949 g/mol. The Hall–Kier alpha value is -2.28. The lowest BCUT2D eigenvalue weighted by Gasteiger charge is -2.37. The number of rotatable bonds is 26. The van der Waals surface area contributed by atoms with Gasteiger partial charge >= 0.3 is 23.9 Å². The topological polar surface area (TPSA) is 105 Å². The number of ether oxygens (including phenoxy) is 4. The molecule has 0 radical (unpaired) electrons. The minimum Gasteiger partial charge on any atom is -0.459 e. The van der Waals surface area contributed by atoms with Crippen molar-refractivity contribution in [2.75, 3.05) is 133 Å². The third-order valence-electron chi connectivity index (χ3n) is 12.3. The maximum Gasteiger partial charge on any atom is 0.311 e. The molecule has 0 fully saturated rings. The highest BCUT2D eigenvalue weighted by Gasteiger charge is 2.30. The van der Waals surface area contributed by atoms with Crippen LogP contribution in [0.3, 0.4) is 0 Å². The van der Waals surface area contributed by atoms with Crippen LogP contribution in [0.25, 0.3) is 0 Å². The molecule has 0 aliphatic carbocycles. The third kappa shape index (κ3) is 34.1. The number of hydrogen-bond acceptors (Lipinski definition) is 8. The minimum atomic E-state index is -0.393. The lowest BCUT2D eigenvalue weighted by Crippen LogP contribution is -2.51.